The lowest BCUT2D eigenvalue weighted by Gasteiger charge is -2.12. The molecule has 8 heteroatoms. The molecular weight excluding hydrogens is 428 g/mol. The predicted octanol–water partition coefficient (Wildman–Crippen LogP) is 3.98. The van der Waals surface area contributed by atoms with Crippen molar-refractivity contribution in [3.05, 3.63) is 83.9 Å². The standard InChI is InChI=1S/C24H24N2O5S/c1-29-21-11-10-17(15-22(21)30-2)23(27)26-20(16-18-7-6-13-31-18)24(28)25-12-14-32-19-8-4-3-5-9-19/h3-11,13,15-16H,12,14H2,1-2H3,(H,25,28)(H,26,27)/b20-16-. The van der Waals surface area contributed by atoms with Crippen LogP contribution in [-0.2, 0) is 4.79 Å². The van der Waals surface area contributed by atoms with Crippen molar-refractivity contribution in [3.8, 4) is 11.5 Å². The molecule has 0 radical (unpaired) electrons. The van der Waals surface area contributed by atoms with E-state index in [0.717, 1.165) is 4.90 Å². The van der Waals surface area contributed by atoms with Crippen LogP contribution in [0.2, 0.25) is 0 Å². The number of hydrogen-bond donors (Lipinski definition) is 2. The Morgan fingerprint density at radius 2 is 1.78 bits per heavy atom. The molecule has 2 amide bonds. The van der Waals surface area contributed by atoms with Crippen LogP contribution in [0, 0.1) is 0 Å². The van der Waals surface area contributed by atoms with Crippen molar-refractivity contribution in [2.75, 3.05) is 26.5 Å². The molecule has 0 unspecified atom stereocenters. The van der Waals surface area contributed by atoms with Gasteiger partial charge in [0.15, 0.2) is 11.5 Å². The molecule has 2 aromatic carbocycles. The van der Waals surface area contributed by atoms with E-state index in [0.29, 0.717) is 35.1 Å². The van der Waals surface area contributed by atoms with E-state index in [4.69, 9.17) is 13.9 Å². The minimum absolute atomic E-state index is 0.0736. The van der Waals surface area contributed by atoms with E-state index < -0.39 is 11.8 Å². The average molecular weight is 453 g/mol. The number of benzene rings is 2. The molecule has 3 rings (SSSR count). The lowest BCUT2D eigenvalue weighted by molar-refractivity contribution is -0.117. The molecule has 166 valence electrons. The minimum Gasteiger partial charge on any atom is -0.493 e. The third-order valence-corrected chi connectivity index (χ3v) is 5.38. The van der Waals surface area contributed by atoms with Gasteiger partial charge in [0, 0.05) is 28.8 Å². The Balaban J connectivity index is 1.67. The molecule has 0 bridgehead atoms. The van der Waals surface area contributed by atoms with Gasteiger partial charge in [-0.25, -0.2) is 0 Å². The van der Waals surface area contributed by atoms with E-state index in [9.17, 15) is 9.59 Å². The van der Waals surface area contributed by atoms with Gasteiger partial charge in [0.25, 0.3) is 11.8 Å². The summed E-state index contributed by atoms with van der Waals surface area (Å²) in [4.78, 5) is 26.7. The summed E-state index contributed by atoms with van der Waals surface area (Å²) in [7, 11) is 3.00. The normalized spacial score (nSPS) is 11.0. The molecule has 3 aromatic rings. The summed E-state index contributed by atoms with van der Waals surface area (Å²) in [5, 5.41) is 5.50. The largest absolute Gasteiger partial charge is 0.493 e. The summed E-state index contributed by atoms with van der Waals surface area (Å²) in [5.74, 6) is 1.18. The van der Waals surface area contributed by atoms with E-state index in [1.54, 1.807) is 42.1 Å². The first-order chi connectivity index (χ1) is 15.6. The molecular formula is C24H24N2O5S. The molecule has 0 fully saturated rings. The van der Waals surface area contributed by atoms with Crippen molar-refractivity contribution >= 4 is 29.7 Å². The van der Waals surface area contributed by atoms with E-state index in [-0.39, 0.29) is 5.70 Å². The number of ether oxygens (including phenoxy) is 2. The van der Waals surface area contributed by atoms with Gasteiger partial charge >= 0.3 is 0 Å². The summed E-state index contributed by atoms with van der Waals surface area (Å²) >= 11 is 1.63. The van der Waals surface area contributed by atoms with Crippen molar-refractivity contribution in [1.82, 2.24) is 10.6 Å². The average Bonchev–Trinajstić information content (AvgIpc) is 3.34. The van der Waals surface area contributed by atoms with Crippen molar-refractivity contribution in [2.45, 2.75) is 4.90 Å². The first kappa shape index (κ1) is 23.0. The van der Waals surface area contributed by atoms with Crippen LogP contribution in [-0.4, -0.2) is 38.3 Å². The van der Waals surface area contributed by atoms with E-state index in [2.05, 4.69) is 10.6 Å². The fraction of sp³-hybridized carbons (Fsp3) is 0.167. The fourth-order valence-corrected chi connectivity index (χ4v) is 3.58. The van der Waals surface area contributed by atoms with Gasteiger partial charge in [-0.15, -0.1) is 11.8 Å². The van der Waals surface area contributed by atoms with Crippen LogP contribution in [0.3, 0.4) is 0 Å². The first-order valence-electron chi connectivity index (χ1n) is 9.85. The number of hydrogen-bond acceptors (Lipinski definition) is 6. The molecule has 0 spiro atoms. The molecule has 0 saturated carbocycles. The third kappa shape index (κ3) is 6.42. The van der Waals surface area contributed by atoms with Gasteiger partial charge < -0.3 is 24.5 Å². The molecule has 0 aliphatic rings. The Morgan fingerprint density at radius 1 is 1.00 bits per heavy atom. The highest BCUT2D eigenvalue weighted by Crippen LogP contribution is 2.27. The van der Waals surface area contributed by atoms with Crippen LogP contribution in [0.4, 0.5) is 0 Å². The van der Waals surface area contributed by atoms with Crippen molar-refractivity contribution in [3.63, 3.8) is 0 Å². The highest BCUT2D eigenvalue weighted by atomic mass is 32.2. The monoisotopic (exact) mass is 452 g/mol. The fourth-order valence-electron chi connectivity index (χ4n) is 2.79. The smallest absolute Gasteiger partial charge is 0.267 e. The number of methoxy groups -OCH3 is 2. The third-order valence-electron chi connectivity index (χ3n) is 4.37. The zero-order valence-corrected chi connectivity index (χ0v) is 18.6. The second kappa shape index (κ2) is 11.7. The summed E-state index contributed by atoms with van der Waals surface area (Å²) < 4.78 is 15.8. The Hall–Kier alpha value is -3.65. The van der Waals surface area contributed by atoms with Crippen LogP contribution in [0.1, 0.15) is 16.1 Å². The molecule has 0 saturated heterocycles. The Kier molecular flexibility index (Phi) is 8.39. The summed E-state index contributed by atoms with van der Waals surface area (Å²) in [6.45, 7) is 0.431. The van der Waals surface area contributed by atoms with Crippen molar-refractivity contribution < 1.29 is 23.5 Å². The second-order valence-corrected chi connectivity index (χ2v) is 7.68. The van der Waals surface area contributed by atoms with Gasteiger partial charge in [-0.2, -0.15) is 0 Å². The molecule has 1 heterocycles. The van der Waals surface area contributed by atoms with Gasteiger partial charge in [0.05, 0.1) is 20.5 Å². The van der Waals surface area contributed by atoms with Crippen LogP contribution in [0.25, 0.3) is 6.08 Å². The van der Waals surface area contributed by atoms with Gasteiger partial charge in [-0.1, -0.05) is 18.2 Å². The summed E-state index contributed by atoms with van der Waals surface area (Å²) in [5.41, 5.74) is 0.393. The highest BCUT2D eigenvalue weighted by molar-refractivity contribution is 7.99. The Morgan fingerprint density at radius 3 is 2.47 bits per heavy atom. The van der Waals surface area contributed by atoms with Crippen LogP contribution >= 0.6 is 11.8 Å². The number of nitrogens with one attached hydrogen (secondary N) is 2. The minimum atomic E-state index is -0.461. The van der Waals surface area contributed by atoms with Gasteiger partial charge in [0.1, 0.15) is 11.5 Å². The Labute approximate surface area is 190 Å². The van der Waals surface area contributed by atoms with Gasteiger partial charge in [-0.3, -0.25) is 9.59 Å². The van der Waals surface area contributed by atoms with Crippen molar-refractivity contribution in [1.29, 1.82) is 0 Å². The van der Waals surface area contributed by atoms with Crippen LogP contribution in [0.5, 0.6) is 11.5 Å². The maximum Gasteiger partial charge on any atom is 0.267 e. The summed E-state index contributed by atoms with van der Waals surface area (Å²) in [6.07, 6.45) is 2.98. The molecule has 0 atom stereocenters. The lowest BCUT2D eigenvalue weighted by atomic mass is 10.1. The molecule has 2 N–H and O–H groups in total. The number of thioether (sulfide) groups is 1. The molecule has 0 aliphatic carbocycles. The number of carbonyl (C=O) groups excluding carboxylic acids is 2. The molecule has 32 heavy (non-hydrogen) atoms. The quantitative estimate of drug-likeness (QED) is 0.275. The van der Waals surface area contributed by atoms with Gasteiger partial charge in [0.2, 0.25) is 0 Å². The van der Waals surface area contributed by atoms with Crippen LogP contribution < -0.4 is 20.1 Å². The molecule has 0 aliphatic heterocycles. The van der Waals surface area contributed by atoms with E-state index in [1.165, 1.54) is 26.6 Å². The number of furan rings is 1. The topological polar surface area (TPSA) is 89.8 Å². The maximum absolute atomic E-state index is 12.8. The van der Waals surface area contributed by atoms with Crippen molar-refractivity contribution in [2.24, 2.45) is 0 Å². The number of amides is 2. The SMILES string of the molecule is COc1ccc(C(=O)N/C(=C\c2ccco2)C(=O)NCCSc2ccccc2)cc1OC. The van der Waals surface area contributed by atoms with Gasteiger partial charge in [-0.05, 0) is 42.5 Å². The zero-order chi connectivity index (χ0) is 22.8. The van der Waals surface area contributed by atoms with E-state index in [1.807, 2.05) is 30.3 Å². The number of carbonyl (C=O) groups is 2. The predicted molar refractivity (Wildman–Crippen MR) is 124 cm³/mol. The zero-order valence-electron chi connectivity index (χ0n) is 17.8. The lowest BCUT2D eigenvalue weighted by Crippen LogP contribution is -2.35. The van der Waals surface area contributed by atoms with Crippen LogP contribution in [0.15, 0.2) is 81.9 Å². The maximum atomic E-state index is 12.8. The van der Waals surface area contributed by atoms with E-state index >= 15 is 0 Å². The highest BCUT2D eigenvalue weighted by Gasteiger charge is 2.17. The Bertz CT molecular complexity index is 1070. The first-order valence-corrected chi connectivity index (χ1v) is 10.8. The number of rotatable bonds is 10. The second-order valence-electron chi connectivity index (χ2n) is 6.51. The summed E-state index contributed by atoms with van der Waals surface area (Å²) in [6, 6.07) is 18.1. The molecule has 7 nitrogen and oxygen atoms in total. The molecule has 1 aromatic heterocycles.